The number of rotatable bonds is 4. The number of fused-ring (bicyclic) bond motifs is 1. The Morgan fingerprint density at radius 1 is 1.09 bits per heavy atom. The maximum absolute atomic E-state index is 14.8. The van der Waals surface area contributed by atoms with Gasteiger partial charge in [-0.05, 0) is 61.6 Å². The van der Waals surface area contributed by atoms with Crippen LogP contribution in [0, 0.1) is 19.7 Å². The molecule has 1 amide bonds. The van der Waals surface area contributed by atoms with Gasteiger partial charge in [-0.25, -0.2) is 4.39 Å². The number of hydrogen-bond donors (Lipinski definition) is 1. The van der Waals surface area contributed by atoms with Crippen molar-refractivity contribution in [1.29, 1.82) is 0 Å². The summed E-state index contributed by atoms with van der Waals surface area (Å²) in [6, 6.07) is 12.5. The molecule has 0 unspecified atom stereocenters. The van der Waals surface area contributed by atoms with Crippen LogP contribution in [-0.4, -0.2) is 26.7 Å². The summed E-state index contributed by atoms with van der Waals surface area (Å²) in [6.07, 6.45) is 3.46. The van der Waals surface area contributed by atoms with Gasteiger partial charge in [0.2, 0.25) is 0 Å². The van der Waals surface area contributed by atoms with Gasteiger partial charge < -0.3 is 9.88 Å². The second kappa shape index (κ2) is 7.92. The summed E-state index contributed by atoms with van der Waals surface area (Å²) in [5.74, 6) is -0.855. The van der Waals surface area contributed by atoms with Crippen molar-refractivity contribution in [3.8, 4) is 22.4 Å². The lowest BCUT2D eigenvalue weighted by molar-refractivity contribution is 0.0950. The SMILES string of the molecule is Cc1ccccc1-c1nncc2cc(-c3cc(C(=O)NC4CC4)cc(F)c3C)c(=O)n(C)c12. The molecule has 5 rings (SSSR count). The average Bonchev–Trinajstić information content (AvgIpc) is 3.62. The highest BCUT2D eigenvalue weighted by Crippen LogP contribution is 2.31. The molecule has 4 aromatic rings. The maximum Gasteiger partial charge on any atom is 0.258 e. The summed E-state index contributed by atoms with van der Waals surface area (Å²) in [5, 5.41) is 12.1. The first-order chi connectivity index (χ1) is 15.8. The second-order valence-corrected chi connectivity index (χ2v) is 8.61. The molecule has 1 saturated carbocycles. The molecule has 0 saturated heterocycles. The minimum atomic E-state index is -0.524. The predicted molar refractivity (Wildman–Crippen MR) is 126 cm³/mol. The van der Waals surface area contributed by atoms with Crippen molar-refractivity contribution in [3.63, 3.8) is 0 Å². The van der Waals surface area contributed by atoms with E-state index in [2.05, 4.69) is 15.5 Å². The Balaban J connectivity index is 1.72. The first-order valence-electron chi connectivity index (χ1n) is 10.9. The molecule has 1 aliphatic carbocycles. The van der Waals surface area contributed by atoms with E-state index in [0.717, 1.165) is 24.0 Å². The fourth-order valence-corrected chi connectivity index (χ4v) is 4.15. The molecule has 0 spiro atoms. The molecule has 166 valence electrons. The number of carbonyl (C=O) groups excluding carboxylic acids is 1. The zero-order valence-corrected chi connectivity index (χ0v) is 18.6. The van der Waals surface area contributed by atoms with E-state index in [0.29, 0.717) is 33.3 Å². The van der Waals surface area contributed by atoms with Gasteiger partial charge in [-0.3, -0.25) is 9.59 Å². The minimum absolute atomic E-state index is 0.150. The zero-order valence-electron chi connectivity index (χ0n) is 18.6. The Labute approximate surface area is 190 Å². The molecule has 1 aliphatic rings. The summed E-state index contributed by atoms with van der Waals surface area (Å²) in [6.45, 7) is 3.59. The quantitative estimate of drug-likeness (QED) is 0.511. The number of pyridine rings is 1. The van der Waals surface area contributed by atoms with Gasteiger partial charge in [0.15, 0.2) is 0 Å². The Bertz CT molecular complexity index is 1490. The third-order valence-corrected chi connectivity index (χ3v) is 6.23. The number of hydrogen-bond acceptors (Lipinski definition) is 4. The van der Waals surface area contributed by atoms with Gasteiger partial charge in [-0.1, -0.05) is 24.3 Å². The molecule has 0 bridgehead atoms. The lowest BCUT2D eigenvalue weighted by Crippen LogP contribution is -2.26. The standard InChI is InChI=1S/C26H23FN4O2/c1-14-6-4-5-7-19(14)23-24-17(13-28-30-23)11-21(26(33)31(24)3)20-10-16(12-22(27)15(20)2)25(32)29-18-8-9-18/h4-7,10-13,18H,8-9H2,1-3H3,(H,29,32). The third-order valence-electron chi connectivity index (χ3n) is 6.23. The highest BCUT2D eigenvalue weighted by molar-refractivity contribution is 5.97. The van der Waals surface area contributed by atoms with Gasteiger partial charge in [-0.15, -0.1) is 5.10 Å². The molecule has 2 heterocycles. The first-order valence-corrected chi connectivity index (χ1v) is 10.9. The van der Waals surface area contributed by atoms with Crippen LogP contribution in [-0.2, 0) is 7.05 Å². The van der Waals surface area contributed by atoms with Gasteiger partial charge in [-0.2, -0.15) is 5.10 Å². The fraction of sp³-hybridized carbons (Fsp3) is 0.231. The zero-order chi connectivity index (χ0) is 23.3. The monoisotopic (exact) mass is 442 g/mol. The average molecular weight is 442 g/mol. The van der Waals surface area contributed by atoms with Crippen molar-refractivity contribution in [3.05, 3.63) is 81.5 Å². The third kappa shape index (κ3) is 3.69. The molecule has 6 nitrogen and oxygen atoms in total. The molecule has 1 N–H and O–H groups in total. The number of nitrogens with zero attached hydrogens (tertiary/aromatic N) is 3. The molecule has 2 aromatic carbocycles. The van der Waals surface area contributed by atoms with Crippen LogP contribution >= 0.6 is 0 Å². The summed E-state index contributed by atoms with van der Waals surface area (Å²) >= 11 is 0. The lowest BCUT2D eigenvalue weighted by atomic mass is 9.96. The number of carbonyl (C=O) groups is 1. The van der Waals surface area contributed by atoms with E-state index >= 15 is 0 Å². The van der Waals surface area contributed by atoms with Gasteiger partial charge >= 0.3 is 0 Å². The second-order valence-electron chi connectivity index (χ2n) is 8.61. The summed E-state index contributed by atoms with van der Waals surface area (Å²) in [7, 11) is 1.67. The van der Waals surface area contributed by atoms with E-state index < -0.39 is 5.82 Å². The van der Waals surface area contributed by atoms with Crippen LogP contribution in [0.25, 0.3) is 33.3 Å². The Morgan fingerprint density at radius 2 is 1.85 bits per heavy atom. The van der Waals surface area contributed by atoms with Gasteiger partial charge in [0.05, 0.1) is 11.7 Å². The fourth-order valence-electron chi connectivity index (χ4n) is 4.15. The van der Waals surface area contributed by atoms with E-state index in [9.17, 15) is 14.0 Å². The summed E-state index contributed by atoms with van der Waals surface area (Å²) in [5.41, 5.74) is 4.09. The molecular weight excluding hydrogens is 419 g/mol. The van der Waals surface area contributed by atoms with Crippen LogP contribution < -0.4 is 10.9 Å². The van der Waals surface area contributed by atoms with Crippen LogP contribution in [0.4, 0.5) is 4.39 Å². The Kier molecular flexibility index (Phi) is 5.04. The van der Waals surface area contributed by atoms with Gasteiger partial charge in [0.1, 0.15) is 11.5 Å². The number of aromatic nitrogens is 3. The Hall–Kier alpha value is -3.87. The van der Waals surface area contributed by atoms with Crippen molar-refractivity contribution in [1.82, 2.24) is 20.1 Å². The van der Waals surface area contributed by atoms with Gasteiger partial charge in [0, 0.05) is 35.2 Å². The summed E-state index contributed by atoms with van der Waals surface area (Å²) in [4.78, 5) is 26.0. The normalized spacial score (nSPS) is 13.3. The van der Waals surface area contributed by atoms with E-state index in [4.69, 9.17) is 0 Å². The first kappa shape index (κ1) is 21.0. The number of nitrogens with one attached hydrogen (secondary N) is 1. The highest BCUT2D eigenvalue weighted by Gasteiger charge is 2.25. The minimum Gasteiger partial charge on any atom is -0.349 e. The van der Waals surface area contributed by atoms with Crippen LogP contribution in [0.3, 0.4) is 0 Å². The van der Waals surface area contributed by atoms with Gasteiger partial charge in [0.25, 0.3) is 11.5 Å². The van der Waals surface area contributed by atoms with Crippen molar-refractivity contribution < 1.29 is 9.18 Å². The molecule has 0 radical (unpaired) electrons. The number of halogens is 1. The predicted octanol–water partition coefficient (Wildman–Crippen LogP) is 4.31. The number of benzene rings is 2. The molecule has 33 heavy (non-hydrogen) atoms. The molecular formula is C26H23FN4O2. The number of aryl methyl sites for hydroxylation is 2. The van der Waals surface area contributed by atoms with Crippen LogP contribution in [0.1, 0.15) is 34.3 Å². The summed E-state index contributed by atoms with van der Waals surface area (Å²) < 4.78 is 16.3. The topological polar surface area (TPSA) is 76.9 Å². The Morgan fingerprint density at radius 3 is 2.58 bits per heavy atom. The van der Waals surface area contributed by atoms with Crippen molar-refractivity contribution in [2.75, 3.05) is 0 Å². The molecule has 1 fully saturated rings. The largest absolute Gasteiger partial charge is 0.349 e. The maximum atomic E-state index is 14.8. The van der Waals surface area contributed by atoms with Crippen molar-refractivity contribution in [2.24, 2.45) is 7.05 Å². The smallest absolute Gasteiger partial charge is 0.258 e. The van der Waals surface area contributed by atoms with E-state index in [1.54, 1.807) is 32.3 Å². The highest BCUT2D eigenvalue weighted by atomic mass is 19.1. The number of amides is 1. The lowest BCUT2D eigenvalue weighted by Gasteiger charge is -2.15. The molecule has 0 atom stereocenters. The molecule has 7 heteroatoms. The van der Waals surface area contributed by atoms with E-state index in [1.165, 1.54) is 10.6 Å². The molecule has 0 aliphatic heterocycles. The van der Waals surface area contributed by atoms with Crippen LogP contribution in [0.2, 0.25) is 0 Å². The van der Waals surface area contributed by atoms with E-state index in [-0.39, 0.29) is 23.1 Å². The van der Waals surface area contributed by atoms with E-state index in [1.807, 2.05) is 31.2 Å². The van der Waals surface area contributed by atoms with Crippen molar-refractivity contribution >= 4 is 16.8 Å². The van der Waals surface area contributed by atoms with Crippen LogP contribution in [0.15, 0.2) is 53.5 Å². The van der Waals surface area contributed by atoms with Crippen molar-refractivity contribution in [2.45, 2.75) is 32.7 Å². The van der Waals surface area contributed by atoms with Crippen LogP contribution in [0.5, 0.6) is 0 Å². The molecule has 2 aromatic heterocycles.